The SMILES string of the molecule is CCOCc1ncc(C(=O)O)c(=O)[nH]1. The van der Waals surface area contributed by atoms with Gasteiger partial charge in [0.2, 0.25) is 0 Å². The molecule has 14 heavy (non-hydrogen) atoms. The number of carboxylic acids is 1. The second-order valence-electron chi connectivity index (χ2n) is 2.51. The minimum absolute atomic E-state index is 0.172. The summed E-state index contributed by atoms with van der Waals surface area (Å²) < 4.78 is 4.99. The third-order valence-corrected chi connectivity index (χ3v) is 1.53. The van der Waals surface area contributed by atoms with Crippen molar-refractivity contribution in [3.8, 4) is 0 Å². The number of carboxylic acid groups (broad SMARTS) is 1. The molecule has 0 unspecified atom stereocenters. The molecule has 0 amide bonds. The van der Waals surface area contributed by atoms with E-state index in [4.69, 9.17) is 9.84 Å². The monoisotopic (exact) mass is 198 g/mol. The van der Waals surface area contributed by atoms with Crippen molar-refractivity contribution in [1.82, 2.24) is 9.97 Å². The largest absolute Gasteiger partial charge is 0.477 e. The Hall–Kier alpha value is -1.69. The van der Waals surface area contributed by atoms with Crippen LogP contribution in [0, 0.1) is 0 Å². The first-order valence-corrected chi connectivity index (χ1v) is 4.04. The zero-order chi connectivity index (χ0) is 10.6. The first-order chi connectivity index (χ1) is 6.65. The first-order valence-electron chi connectivity index (χ1n) is 4.04. The number of nitrogens with zero attached hydrogens (tertiary/aromatic N) is 1. The molecule has 6 heteroatoms. The van der Waals surface area contributed by atoms with Crippen LogP contribution in [0.1, 0.15) is 23.1 Å². The summed E-state index contributed by atoms with van der Waals surface area (Å²) in [5.74, 6) is -0.969. The lowest BCUT2D eigenvalue weighted by Gasteiger charge is -2.00. The van der Waals surface area contributed by atoms with Crippen molar-refractivity contribution < 1.29 is 14.6 Å². The Kier molecular flexibility index (Phi) is 3.35. The van der Waals surface area contributed by atoms with Gasteiger partial charge < -0.3 is 14.8 Å². The van der Waals surface area contributed by atoms with Crippen LogP contribution in [-0.4, -0.2) is 27.7 Å². The minimum Gasteiger partial charge on any atom is -0.477 e. The summed E-state index contributed by atoms with van der Waals surface area (Å²) in [7, 11) is 0. The lowest BCUT2D eigenvalue weighted by Crippen LogP contribution is -2.20. The molecule has 0 fully saturated rings. The number of ether oxygens (including phenoxy) is 1. The number of carbonyl (C=O) groups is 1. The van der Waals surface area contributed by atoms with Crippen LogP contribution in [0.2, 0.25) is 0 Å². The van der Waals surface area contributed by atoms with E-state index < -0.39 is 11.5 Å². The fourth-order valence-corrected chi connectivity index (χ4v) is 0.856. The quantitative estimate of drug-likeness (QED) is 0.710. The van der Waals surface area contributed by atoms with Crippen LogP contribution < -0.4 is 5.56 Å². The Morgan fingerprint density at radius 2 is 2.43 bits per heavy atom. The highest BCUT2D eigenvalue weighted by atomic mass is 16.5. The number of hydrogen-bond acceptors (Lipinski definition) is 4. The van der Waals surface area contributed by atoms with Gasteiger partial charge in [-0.25, -0.2) is 9.78 Å². The number of aromatic amines is 1. The maximum Gasteiger partial charge on any atom is 0.342 e. The Morgan fingerprint density at radius 1 is 1.71 bits per heavy atom. The van der Waals surface area contributed by atoms with Gasteiger partial charge in [0, 0.05) is 12.8 Å². The molecule has 1 aromatic heterocycles. The molecule has 0 aliphatic heterocycles. The van der Waals surface area contributed by atoms with Gasteiger partial charge in [-0.2, -0.15) is 0 Å². The molecule has 0 spiro atoms. The fourth-order valence-electron chi connectivity index (χ4n) is 0.856. The van der Waals surface area contributed by atoms with Crippen molar-refractivity contribution in [2.24, 2.45) is 0 Å². The molecule has 76 valence electrons. The maximum atomic E-state index is 11.1. The van der Waals surface area contributed by atoms with E-state index in [2.05, 4.69) is 9.97 Å². The Morgan fingerprint density at radius 3 is 2.93 bits per heavy atom. The molecule has 0 aliphatic rings. The fraction of sp³-hybridized carbons (Fsp3) is 0.375. The molecule has 0 bridgehead atoms. The zero-order valence-corrected chi connectivity index (χ0v) is 7.61. The molecule has 1 rings (SSSR count). The van der Waals surface area contributed by atoms with E-state index in [0.717, 1.165) is 6.20 Å². The number of H-pyrrole nitrogens is 1. The molecule has 6 nitrogen and oxygen atoms in total. The normalized spacial score (nSPS) is 10.1. The van der Waals surface area contributed by atoms with Crippen molar-refractivity contribution >= 4 is 5.97 Å². The van der Waals surface area contributed by atoms with Gasteiger partial charge >= 0.3 is 5.97 Å². The molecule has 0 aromatic carbocycles. The van der Waals surface area contributed by atoms with E-state index in [1.807, 2.05) is 6.92 Å². The first kappa shape index (κ1) is 10.4. The average Bonchev–Trinajstić information content (AvgIpc) is 2.14. The van der Waals surface area contributed by atoms with Crippen molar-refractivity contribution in [1.29, 1.82) is 0 Å². The summed E-state index contributed by atoms with van der Waals surface area (Å²) in [6, 6.07) is 0. The Labute approximate surface area is 79.6 Å². The number of nitrogens with one attached hydrogen (secondary N) is 1. The van der Waals surface area contributed by atoms with Crippen molar-refractivity contribution in [2.45, 2.75) is 13.5 Å². The second-order valence-corrected chi connectivity index (χ2v) is 2.51. The highest BCUT2D eigenvalue weighted by Gasteiger charge is 2.09. The standard InChI is InChI=1S/C8H10N2O4/c1-2-14-4-6-9-3-5(8(12)13)7(11)10-6/h3H,2,4H2,1H3,(H,12,13)(H,9,10,11). The van der Waals surface area contributed by atoms with Crippen LogP contribution in [0.5, 0.6) is 0 Å². The number of aromatic nitrogens is 2. The zero-order valence-electron chi connectivity index (χ0n) is 7.61. The van der Waals surface area contributed by atoms with Gasteiger partial charge in [-0.05, 0) is 6.92 Å². The lowest BCUT2D eigenvalue weighted by molar-refractivity contribution is 0.0693. The molecule has 1 heterocycles. The molecule has 0 atom stereocenters. The topological polar surface area (TPSA) is 92.3 Å². The smallest absolute Gasteiger partial charge is 0.342 e. The summed E-state index contributed by atoms with van der Waals surface area (Å²) in [5.41, 5.74) is -1.03. The Balaban J connectivity index is 2.89. The van der Waals surface area contributed by atoms with Crippen LogP contribution in [0.3, 0.4) is 0 Å². The van der Waals surface area contributed by atoms with Crippen LogP contribution in [0.15, 0.2) is 11.0 Å². The van der Waals surface area contributed by atoms with Gasteiger partial charge in [-0.3, -0.25) is 4.79 Å². The van der Waals surface area contributed by atoms with E-state index in [1.54, 1.807) is 0 Å². The van der Waals surface area contributed by atoms with E-state index in [9.17, 15) is 9.59 Å². The molecule has 0 aliphatic carbocycles. The summed E-state index contributed by atoms with van der Waals surface area (Å²) in [5, 5.41) is 8.54. The van der Waals surface area contributed by atoms with Gasteiger partial charge in [0.05, 0.1) is 0 Å². The van der Waals surface area contributed by atoms with Gasteiger partial charge in [-0.15, -0.1) is 0 Å². The van der Waals surface area contributed by atoms with E-state index in [1.165, 1.54) is 0 Å². The van der Waals surface area contributed by atoms with E-state index in [-0.39, 0.29) is 12.2 Å². The molecule has 2 N–H and O–H groups in total. The average molecular weight is 198 g/mol. The number of aromatic carboxylic acids is 1. The maximum absolute atomic E-state index is 11.1. The van der Waals surface area contributed by atoms with Gasteiger partial charge in [-0.1, -0.05) is 0 Å². The van der Waals surface area contributed by atoms with E-state index >= 15 is 0 Å². The van der Waals surface area contributed by atoms with Gasteiger partial charge in [0.25, 0.3) is 5.56 Å². The van der Waals surface area contributed by atoms with Gasteiger partial charge in [0.1, 0.15) is 18.0 Å². The molecule has 0 saturated heterocycles. The molecule has 1 aromatic rings. The Bertz CT molecular complexity index is 385. The summed E-state index contributed by atoms with van der Waals surface area (Å²) in [6.07, 6.45) is 1.02. The minimum atomic E-state index is -1.29. The van der Waals surface area contributed by atoms with Crippen LogP contribution >= 0.6 is 0 Å². The molecular weight excluding hydrogens is 188 g/mol. The third kappa shape index (κ3) is 2.40. The van der Waals surface area contributed by atoms with Crippen LogP contribution in [0.25, 0.3) is 0 Å². The number of hydrogen-bond donors (Lipinski definition) is 2. The van der Waals surface area contributed by atoms with Crippen molar-refractivity contribution in [3.63, 3.8) is 0 Å². The van der Waals surface area contributed by atoms with Crippen LogP contribution in [-0.2, 0) is 11.3 Å². The molecular formula is C8H10N2O4. The predicted octanol–water partition coefficient (Wildman–Crippen LogP) is 0.00460. The summed E-state index contributed by atoms with van der Waals surface area (Å²) in [4.78, 5) is 27.6. The highest BCUT2D eigenvalue weighted by molar-refractivity contribution is 5.86. The van der Waals surface area contributed by atoms with Crippen LogP contribution in [0.4, 0.5) is 0 Å². The summed E-state index contributed by atoms with van der Waals surface area (Å²) in [6.45, 7) is 2.49. The number of rotatable bonds is 4. The van der Waals surface area contributed by atoms with E-state index in [0.29, 0.717) is 12.4 Å². The highest BCUT2D eigenvalue weighted by Crippen LogP contribution is 1.92. The molecule has 0 saturated carbocycles. The van der Waals surface area contributed by atoms with Crippen molar-refractivity contribution in [2.75, 3.05) is 6.61 Å². The third-order valence-electron chi connectivity index (χ3n) is 1.53. The van der Waals surface area contributed by atoms with Gasteiger partial charge in [0.15, 0.2) is 0 Å². The lowest BCUT2D eigenvalue weighted by atomic mass is 10.3. The summed E-state index contributed by atoms with van der Waals surface area (Å²) >= 11 is 0. The van der Waals surface area contributed by atoms with Crippen molar-refractivity contribution in [3.05, 3.63) is 27.9 Å². The predicted molar refractivity (Wildman–Crippen MR) is 47.1 cm³/mol. The second kappa shape index (κ2) is 4.52. The molecule has 0 radical (unpaired) electrons.